The second kappa shape index (κ2) is 6.35. The molecular formula is C16H31NO2S. The second-order valence-electron chi connectivity index (χ2n) is 7.53. The maximum Gasteiger partial charge on any atom is 0.150 e. The topological polar surface area (TPSA) is 46.2 Å². The minimum absolute atomic E-state index is 0.289. The molecule has 0 aromatic carbocycles. The fourth-order valence-corrected chi connectivity index (χ4v) is 4.75. The van der Waals surface area contributed by atoms with Gasteiger partial charge in [-0.2, -0.15) is 0 Å². The van der Waals surface area contributed by atoms with Crippen LogP contribution in [0.15, 0.2) is 0 Å². The van der Waals surface area contributed by atoms with Gasteiger partial charge in [-0.25, -0.2) is 8.42 Å². The van der Waals surface area contributed by atoms with E-state index in [9.17, 15) is 8.42 Å². The average molecular weight is 301 g/mol. The summed E-state index contributed by atoms with van der Waals surface area (Å²) >= 11 is 0. The van der Waals surface area contributed by atoms with Crippen molar-refractivity contribution in [2.24, 2.45) is 23.2 Å². The van der Waals surface area contributed by atoms with Gasteiger partial charge in [0, 0.05) is 12.3 Å². The predicted molar refractivity (Wildman–Crippen MR) is 84.5 cm³/mol. The molecule has 3 nitrogen and oxygen atoms in total. The Labute approximate surface area is 124 Å². The number of fused-ring (bicyclic) bond motifs is 1. The van der Waals surface area contributed by atoms with Crippen molar-refractivity contribution in [2.75, 3.05) is 24.6 Å². The van der Waals surface area contributed by atoms with Crippen molar-refractivity contribution in [3.05, 3.63) is 0 Å². The van der Waals surface area contributed by atoms with Crippen LogP contribution < -0.4 is 5.32 Å². The molecule has 2 unspecified atom stereocenters. The first-order valence-corrected chi connectivity index (χ1v) is 10.1. The Morgan fingerprint density at radius 1 is 1.25 bits per heavy atom. The van der Waals surface area contributed by atoms with Gasteiger partial charge in [-0.1, -0.05) is 20.8 Å². The highest BCUT2D eigenvalue weighted by Crippen LogP contribution is 2.61. The zero-order valence-corrected chi connectivity index (χ0v) is 14.1. The summed E-state index contributed by atoms with van der Waals surface area (Å²) < 4.78 is 23.3. The van der Waals surface area contributed by atoms with Crippen molar-refractivity contribution >= 4 is 9.84 Å². The van der Waals surface area contributed by atoms with Crippen LogP contribution in [-0.4, -0.2) is 33.0 Å². The number of nitrogens with one attached hydrogen (secondary N) is 1. The van der Waals surface area contributed by atoms with Gasteiger partial charge in [-0.05, 0) is 61.8 Å². The molecule has 0 bridgehead atoms. The lowest BCUT2D eigenvalue weighted by molar-refractivity contribution is 0.225. The molecule has 2 aliphatic rings. The van der Waals surface area contributed by atoms with Crippen LogP contribution >= 0.6 is 0 Å². The van der Waals surface area contributed by atoms with Crippen molar-refractivity contribution in [3.8, 4) is 0 Å². The molecule has 0 amide bonds. The molecule has 0 spiro atoms. The zero-order valence-electron chi connectivity index (χ0n) is 13.3. The van der Waals surface area contributed by atoms with Crippen LogP contribution in [0.3, 0.4) is 0 Å². The third-order valence-corrected chi connectivity index (χ3v) is 6.90. The summed E-state index contributed by atoms with van der Waals surface area (Å²) in [6, 6.07) is 0. The van der Waals surface area contributed by atoms with E-state index in [1.807, 2.05) is 0 Å². The van der Waals surface area contributed by atoms with Crippen LogP contribution in [0.25, 0.3) is 0 Å². The highest BCUT2D eigenvalue weighted by atomic mass is 32.2. The maximum atomic E-state index is 11.6. The van der Waals surface area contributed by atoms with Gasteiger partial charge in [0.05, 0.1) is 5.75 Å². The predicted octanol–water partition coefficient (Wildman–Crippen LogP) is 2.86. The molecule has 2 saturated carbocycles. The van der Waals surface area contributed by atoms with Gasteiger partial charge in [0.15, 0.2) is 0 Å². The highest BCUT2D eigenvalue weighted by Gasteiger charge is 2.52. The first kappa shape index (κ1) is 16.3. The Morgan fingerprint density at radius 2 is 1.90 bits per heavy atom. The minimum atomic E-state index is -2.79. The number of rotatable bonds is 9. The van der Waals surface area contributed by atoms with E-state index in [4.69, 9.17) is 0 Å². The molecule has 0 aromatic rings. The van der Waals surface area contributed by atoms with Crippen molar-refractivity contribution in [2.45, 2.75) is 52.9 Å². The summed E-state index contributed by atoms with van der Waals surface area (Å²) in [5.74, 6) is 3.27. The summed E-state index contributed by atoms with van der Waals surface area (Å²) in [7, 11) is -2.79. The second-order valence-corrected chi connectivity index (χ2v) is 10.0. The smallest absolute Gasteiger partial charge is 0.150 e. The van der Waals surface area contributed by atoms with Gasteiger partial charge in [-0.15, -0.1) is 0 Å². The van der Waals surface area contributed by atoms with Crippen LogP contribution in [0.1, 0.15) is 52.9 Å². The fourth-order valence-electron chi connectivity index (χ4n) is 3.88. The molecule has 1 N–H and O–H groups in total. The van der Waals surface area contributed by atoms with E-state index in [2.05, 4.69) is 19.2 Å². The zero-order chi connectivity index (χ0) is 14.8. The highest BCUT2D eigenvalue weighted by molar-refractivity contribution is 7.91. The standard InChI is InChI=1S/C16H31NO2S/c1-4-20(18,19)7-5-6-16(12-17-11-13(2)3)9-14-8-15(14)10-16/h13-15,17H,4-12H2,1-3H3. The Morgan fingerprint density at radius 3 is 2.45 bits per heavy atom. The Hall–Kier alpha value is -0.0900. The Bertz CT molecular complexity index is 406. The largest absolute Gasteiger partial charge is 0.316 e. The SMILES string of the molecule is CCS(=O)(=O)CCCC1(CNCC(C)C)CC2CC2C1. The van der Waals surface area contributed by atoms with Crippen LogP contribution in [-0.2, 0) is 9.84 Å². The molecule has 0 heterocycles. The Balaban J connectivity index is 1.81. The average Bonchev–Trinajstić information content (AvgIpc) is 2.97. The van der Waals surface area contributed by atoms with Crippen LogP contribution in [0.2, 0.25) is 0 Å². The molecule has 118 valence electrons. The van der Waals surface area contributed by atoms with Crippen LogP contribution in [0, 0.1) is 23.2 Å². The summed E-state index contributed by atoms with van der Waals surface area (Å²) in [6.45, 7) is 8.38. The molecule has 0 aromatic heterocycles. The summed E-state index contributed by atoms with van der Waals surface area (Å²) in [5.41, 5.74) is 0.395. The monoisotopic (exact) mass is 301 g/mol. The van der Waals surface area contributed by atoms with Gasteiger partial charge in [0.1, 0.15) is 9.84 Å². The lowest BCUT2D eigenvalue weighted by atomic mass is 9.78. The number of hydrogen-bond donors (Lipinski definition) is 1. The van der Waals surface area contributed by atoms with Crippen LogP contribution in [0.5, 0.6) is 0 Å². The van der Waals surface area contributed by atoms with E-state index in [-0.39, 0.29) is 5.75 Å². The molecule has 2 atom stereocenters. The third-order valence-electron chi connectivity index (χ3n) is 5.11. The molecule has 0 saturated heterocycles. The fraction of sp³-hybridized carbons (Fsp3) is 1.00. The molecule has 2 aliphatic carbocycles. The molecule has 2 rings (SSSR count). The number of hydrogen-bond acceptors (Lipinski definition) is 3. The molecule has 0 aliphatic heterocycles. The maximum absolute atomic E-state index is 11.6. The van der Waals surface area contributed by atoms with E-state index in [1.165, 1.54) is 19.3 Å². The van der Waals surface area contributed by atoms with Gasteiger partial charge < -0.3 is 5.32 Å². The van der Waals surface area contributed by atoms with Gasteiger partial charge in [0.25, 0.3) is 0 Å². The minimum Gasteiger partial charge on any atom is -0.316 e. The van der Waals surface area contributed by atoms with Gasteiger partial charge in [0.2, 0.25) is 0 Å². The Kier molecular flexibility index (Phi) is 5.17. The molecule has 20 heavy (non-hydrogen) atoms. The van der Waals surface area contributed by atoms with Crippen LogP contribution in [0.4, 0.5) is 0 Å². The normalized spacial score (nSPS) is 32.6. The first-order chi connectivity index (χ1) is 9.36. The summed E-state index contributed by atoms with van der Waals surface area (Å²) in [5, 5.41) is 3.62. The lowest BCUT2D eigenvalue weighted by Gasteiger charge is -2.32. The molecule has 4 heteroatoms. The number of sulfone groups is 1. The van der Waals surface area contributed by atoms with Crippen molar-refractivity contribution in [3.63, 3.8) is 0 Å². The molecule has 0 radical (unpaired) electrons. The molecular weight excluding hydrogens is 270 g/mol. The first-order valence-electron chi connectivity index (χ1n) is 8.27. The lowest BCUT2D eigenvalue weighted by Crippen LogP contribution is -2.35. The third kappa shape index (κ3) is 4.45. The van der Waals surface area contributed by atoms with E-state index < -0.39 is 9.84 Å². The summed E-state index contributed by atoms with van der Waals surface area (Å²) in [6.07, 6.45) is 6.02. The van der Waals surface area contributed by atoms with Crippen molar-refractivity contribution in [1.82, 2.24) is 5.32 Å². The van der Waals surface area contributed by atoms with Gasteiger partial charge >= 0.3 is 0 Å². The molecule has 2 fully saturated rings. The van der Waals surface area contributed by atoms with Gasteiger partial charge in [-0.3, -0.25) is 0 Å². The summed E-state index contributed by atoms with van der Waals surface area (Å²) in [4.78, 5) is 0. The van der Waals surface area contributed by atoms with E-state index in [0.717, 1.165) is 37.8 Å². The van der Waals surface area contributed by atoms with Crippen molar-refractivity contribution in [1.29, 1.82) is 0 Å². The quantitative estimate of drug-likeness (QED) is 0.712. The van der Waals surface area contributed by atoms with E-state index in [0.29, 0.717) is 17.1 Å². The van der Waals surface area contributed by atoms with Crippen molar-refractivity contribution < 1.29 is 8.42 Å². The van der Waals surface area contributed by atoms with E-state index in [1.54, 1.807) is 6.92 Å². The van der Waals surface area contributed by atoms with E-state index >= 15 is 0 Å².